The molecule has 5 nitrogen and oxygen atoms in total. The normalized spacial score (nSPS) is 18.2. The molecule has 1 aliphatic heterocycles. The Balaban J connectivity index is 2.20. The highest BCUT2D eigenvalue weighted by Gasteiger charge is 2.31. The highest BCUT2D eigenvalue weighted by Crippen LogP contribution is 2.24. The van der Waals surface area contributed by atoms with Crippen LogP contribution in [-0.2, 0) is 9.59 Å². The van der Waals surface area contributed by atoms with Crippen LogP contribution in [-0.4, -0.2) is 11.8 Å². The molecule has 2 amide bonds. The van der Waals surface area contributed by atoms with Crippen LogP contribution in [0, 0.1) is 17.2 Å². The van der Waals surface area contributed by atoms with Crippen molar-refractivity contribution in [1.29, 1.82) is 5.26 Å². The van der Waals surface area contributed by atoms with Crippen LogP contribution in [0.4, 0.5) is 5.69 Å². The predicted octanol–water partition coefficient (Wildman–Crippen LogP) is 2.21. The van der Waals surface area contributed by atoms with E-state index in [2.05, 4.69) is 10.6 Å². The van der Waals surface area contributed by atoms with Crippen molar-refractivity contribution >= 4 is 29.1 Å². The topological polar surface area (TPSA) is 82.0 Å². The maximum atomic E-state index is 12.2. The van der Waals surface area contributed by atoms with Gasteiger partial charge in [-0.2, -0.15) is 5.26 Å². The lowest BCUT2D eigenvalue weighted by molar-refractivity contribution is -0.126. The standard InChI is InChI=1S/C14H12ClN3O2/c1-8-12(7-16)11(6-13(19)17-8)14(20)18-10-4-2-9(15)3-5-10/h2-5,11H,6H2,1H3,(H,17,19)(H,18,20)/t11-/m1/s1. The summed E-state index contributed by atoms with van der Waals surface area (Å²) in [6, 6.07) is 8.60. The van der Waals surface area contributed by atoms with E-state index in [1.165, 1.54) is 0 Å². The van der Waals surface area contributed by atoms with Crippen molar-refractivity contribution in [2.24, 2.45) is 5.92 Å². The van der Waals surface area contributed by atoms with E-state index in [4.69, 9.17) is 16.9 Å². The summed E-state index contributed by atoms with van der Waals surface area (Å²) in [7, 11) is 0. The highest BCUT2D eigenvalue weighted by molar-refractivity contribution is 6.30. The average molecular weight is 290 g/mol. The summed E-state index contributed by atoms with van der Waals surface area (Å²) in [5.74, 6) is -1.40. The molecule has 1 aliphatic rings. The SMILES string of the molecule is CC1=C(C#N)[C@H](C(=O)Nc2ccc(Cl)cc2)CC(=O)N1. The van der Waals surface area contributed by atoms with Crippen molar-refractivity contribution in [3.63, 3.8) is 0 Å². The van der Waals surface area contributed by atoms with Gasteiger partial charge in [-0.25, -0.2) is 0 Å². The van der Waals surface area contributed by atoms with Crippen molar-refractivity contribution in [2.75, 3.05) is 5.32 Å². The van der Waals surface area contributed by atoms with E-state index in [0.29, 0.717) is 16.4 Å². The number of nitrogens with one attached hydrogen (secondary N) is 2. The molecule has 2 rings (SSSR count). The molecule has 6 heteroatoms. The summed E-state index contributed by atoms with van der Waals surface area (Å²) in [6.07, 6.45) is -0.0281. The van der Waals surface area contributed by atoms with Crippen molar-refractivity contribution in [2.45, 2.75) is 13.3 Å². The van der Waals surface area contributed by atoms with Gasteiger partial charge in [-0.05, 0) is 31.2 Å². The van der Waals surface area contributed by atoms with Crippen LogP contribution in [0.5, 0.6) is 0 Å². The fourth-order valence-corrected chi connectivity index (χ4v) is 2.15. The zero-order valence-electron chi connectivity index (χ0n) is 10.7. The number of halogens is 1. The van der Waals surface area contributed by atoms with Crippen LogP contribution in [0.1, 0.15) is 13.3 Å². The fraction of sp³-hybridized carbons (Fsp3) is 0.214. The molecule has 2 N–H and O–H groups in total. The van der Waals surface area contributed by atoms with Gasteiger partial charge in [-0.1, -0.05) is 11.6 Å². The molecule has 1 aromatic rings. The summed E-state index contributed by atoms with van der Waals surface area (Å²) in [6.45, 7) is 1.61. The number of carbonyl (C=O) groups is 2. The molecule has 1 atom stereocenters. The molecule has 0 saturated carbocycles. The molecule has 102 valence electrons. The Bertz CT molecular complexity index is 629. The summed E-state index contributed by atoms with van der Waals surface area (Å²) < 4.78 is 0. The Morgan fingerprint density at radius 2 is 2.10 bits per heavy atom. The van der Waals surface area contributed by atoms with E-state index in [1.54, 1.807) is 31.2 Å². The molecule has 0 aliphatic carbocycles. The number of hydrogen-bond donors (Lipinski definition) is 2. The second kappa shape index (κ2) is 5.76. The first-order valence-electron chi connectivity index (χ1n) is 5.98. The Hall–Kier alpha value is -2.32. The minimum atomic E-state index is -0.760. The molecule has 0 bridgehead atoms. The van der Waals surface area contributed by atoms with Crippen LogP contribution >= 0.6 is 11.6 Å². The average Bonchev–Trinajstić information content (AvgIpc) is 2.40. The Morgan fingerprint density at radius 3 is 2.70 bits per heavy atom. The third-order valence-corrected chi connectivity index (χ3v) is 3.27. The Labute approximate surface area is 121 Å². The van der Waals surface area contributed by atoms with Gasteiger partial charge in [0.25, 0.3) is 0 Å². The minimum absolute atomic E-state index is 0.0281. The number of amides is 2. The first kappa shape index (κ1) is 14.1. The van der Waals surface area contributed by atoms with Gasteiger partial charge in [0.05, 0.1) is 17.6 Å². The molecular formula is C14H12ClN3O2. The van der Waals surface area contributed by atoms with Crippen LogP contribution in [0.3, 0.4) is 0 Å². The second-order valence-electron chi connectivity index (χ2n) is 4.45. The summed E-state index contributed by atoms with van der Waals surface area (Å²) in [4.78, 5) is 23.7. The van der Waals surface area contributed by atoms with E-state index in [0.717, 1.165) is 0 Å². The maximum absolute atomic E-state index is 12.2. The number of benzene rings is 1. The molecule has 0 aromatic heterocycles. The first-order chi connectivity index (χ1) is 9.51. The Morgan fingerprint density at radius 1 is 1.45 bits per heavy atom. The van der Waals surface area contributed by atoms with Crippen LogP contribution < -0.4 is 10.6 Å². The van der Waals surface area contributed by atoms with Gasteiger partial charge in [0.15, 0.2) is 0 Å². The number of nitrogens with zero attached hydrogens (tertiary/aromatic N) is 1. The zero-order valence-corrected chi connectivity index (χ0v) is 11.5. The highest BCUT2D eigenvalue weighted by atomic mass is 35.5. The van der Waals surface area contributed by atoms with Gasteiger partial charge in [0.1, 0.15) is 0 Å². The van der Waals surface area contributed by atoms with Gasteiger partial charge in [0.2, 0.25) is 11.8 Å². The number of nitriles is 1. The molecule has 1 heterocycles. The molecule has 0 radical (unpaired) electrons. The van der Waals surface area contributed by atoms with Crippen LogP contribution in [0.15, 0.2) is 35.5 Å². The van der Waals surface area contributed by atoms with E-state index in [9.17, 15) is 9.59 Å². The van der Waals surface area contributed by atoms with Crippen molar-refractivity contribution in [3.8, 4) is 6.07 Å². The van der Waals surface area contributed by atoms with Crippen molar-refractivity contribution in [3.05, 3.63) is 40.6 Å². The quantitative estimate of drug-likeness (QED) is 0.876. The lowest BCUT2D eigenvalue weighted by Gasteiger charge is -2.22. The minimum Gasteiger partial charge on any atom is -0.329 e. The summed E-state index contributed by atoms with van der Waals surface area (Å²) in [5, 5.41) is 14.9. The molecule has 20 heavy (non-hydrogen) atoms. The van der Waals surface area contributed by atoms with Gasteiger partial charge < -0.3 is 10.6 Å². The molecule has 0 fully saturated rings. The molecule has 0 spiro atoms. The number of allylic oxidation sites excluding steroid dienone is 1. The number of hydrogen-bond acceptors (Lipinski definition) is 3. The lowest BCUT2D eigenvalue weighted by Crippen LogP contribution is -2.37. The molecule has 0 unspecified atom stereocenters. The second-order valence-corrected chi connectivity index (χ2v) is 4.89. The number of carbonyl (C=O) groups excluding carboxylic acids is 2. The molecule has 0 saturated heterocycles. The van der Waals surface area contributed by atoms with Crippen LogP contribution in [0.25, 0.3) is 0 Å². The van der Waals surface area contributed by atoms with Gasteiger partial charge in [0, 0.05) is 22.8 Å². The number of anilines is 1. The third-order valence-electron chi connectivity index (χ3n) is 3.02. The van der Waals surface area contributed by atoms with E-state index in [1.807, 2.05) is 6.07 Å². The maximum Gasteiger partial charge on any atom is 0.233 e. The third kappa shape index (κ3) is 2.98. The Kier molecular flexibility index (Phi) is 4.06. The smallest absolute Gasteiger partial charge is 0.233 e. The van der Waals surface area contributed by atoms with Gasteiger partial charge in [-0.3, -0.25) is 9.59 Å². The monoisotopic (exact) mass is 289 g/mol. The predicted molar refractivity (Wildman–Crippen MR) is 74.6 cm³/mol. The first-order valence-corrected chi connectivity index (χ1v) is 6.36. The van der Waals surface area contributed by atoms with Crippen molar-refractivity contribution in [1.82, 2.24) is 5.32 Å². The summed E-state index contributed by atoms with van der Waals surface area (Å²) >= 11 is 5.76. The molecule has 1 aromatic carbocycles. The summed E-state index contributed by atoms with van der Waals surface area (Å²) in [5.41, 5.74) is 1.29. The largest absolute Gasteiger partial charge is 0.329 e. The van der Waals surface area contributed by atoms with Gasteiger partial charge >= 0.3 is 0 Å². The molecular weight excluding hydrogens is 278 g/mol. The zero-order chi connectivity index (χ0) is 14.7. The van der Waals surface area contributed by atoms with E-state index >= 15 is 0 Å². The van der Waals surface area contributed by atoms with E-state index in [-0.39, 0.29) is 23.8 Å². The van der Waals surface area contributed by atoms with Crippen LogP contribution in [0.2, 0.25) is 5.02 Å². The number of rotatable bonds is 2. The van der Waals surface area contributed by atoms with Crippen molar-refractivity contribution < 1.29 is 9.59 Å². The fourth-order valence-electron chi connectivity index (χ4n) is 2.02. The van der Waals surface area contributed by atoms with E-state index < -0.39 is 5.92 Å². The lowest BCUT2D eigenvalue weighted by atomic mass is 9.90. The van der Waals surface area contributed by atoms with Gasteiger partial charge in [-0.15, -0.1) is 0 Å².